The van der Waals surface area contributed by atoms with E-state index in [1.807, 2.05) is 7.05 Å². The summed E-state index contributed by atoms with van der Waals surface area (Å²) in [6.45, 7) is 6.34. The van der Waals surface area contributed by atoms with E-state index in [-0.39, 0.29) is 6.17 Å². The van der Waals surface area contributed by atoms with Crippen LogP contribution < -0.4 is 10.1 Å². The second kappa shape index (κ2) is 6.04. The first-order chi connectivity index (χ1) is 8.36. The van der Waals surface area contributed by atoms with E-state index in [1.54, 1.807) is 7.11 Å². The minimum absolute atomic E-state index is 0.135. The smallest absolute Gasteiger partial charge is 0.128 e. The van der Waals surface area contributed by atoms with Crippen molar-refractivity contribution >= 4 is 15.9 Å². The predicted molar refractivity (Wildman–Crippen MR) is 80.4 cm³/mol. The quantitative estimate of drug-likeness (QED) is 0.864. The SMILES string of the molecule is CNC(c1c(C)c(Br)c(C)c(C)c1OC)N(C)C. The lowest BCUT2D eigenvalue weighted by molar-refractivity contribution is 0.255. The summed E-state index contributed by atoms with van der Waals surface area (Å²) < 4.78 is 6.80. The van der Waals surface area contributed by atoms with Gasteiger partial charge in [-0.1, -0.05) is 15.9 Å². The highest BCUT2D eigenvalue weighted by Gasteiger charge is 2.23. The van der Waals surface area contributed by atoms with Gasteiger partial charge < -0.3 is 10.1 Å². The molecule has 1 atom stereocenters. The largest absolute Gasteiger partial charge is 0.496 e. The number of nitrogens with zero attached hydrogens (tertiary/aromatic N) is 1. The Bertz CT molecular complexity index is 444. The molecule has 102 valence electrons. The summed E-state index contributed by atoms with van der Waals surface area (Å²) in [4.78, 5) is 2.14. The van der Waals surface area contributed by atoms with E-state index in [2.05, 4.69) is 61.0 Å². The Morgan fingerprint density at radius 3 is 2.06 bits per heavy atom. The van der Waals surface area contributed by atoms with Gasteiger partial charge in [0.25, 0.3) is 0 Å². The van der Waals surface area contributed by atoms with Gasteiger partial charge in [-0.3, -0.25) is 4.90 Å². The van der Waals surface area contributed by atoms with Crippen LogP contribution in [0.3, 0.4) is 0 Å². The summed E-state index contributed by atoms with van der Waals surface area (Å²) in [5, 5.41) is 3.33. The highest BCUT2D eigenvalue weighted by molar-refractivity contribution is 9.10. The lowest BCUT2D eigenvalue weighted by Crippen LogP contribution is -2.32. The number of ether oxygens (including phenoxy) is 1. The van der Waals surface area contributed by atoms with E-state index in [9.17, 15) is 0 Å². The molecule has 1 rings (SSSR count). The number of benzene rings is 1. The van der Waals surface area contributed by atoms with Crippen molar-refractivity contribution in [2.24, 2.45) is 0 Å². The molecule has 0 bridgehead atoms. The van der Waals surface area contributed by atoms with Gasteiger partial charge >= 0.3 is 0 Å². The van der Waals surface area contributed by atoms with Crippen molar-refractivity contribution in [2.75, 3.05) is 28.3 Å². The maximum absolute atomic E-state index is 5.64. The first kappa shape index (κ1) is 15.5. The van der Waals surface area contributed by atoms with Gasteiger partial charge in [-0.2, -0.15) is 0 Å². The molecule has 0 aromatic heterocycles. The Hall–Kier alpha value is -0.580. The molecule has 0 radical (unpaired) electrons. The van der Waals surface area contributed by atoms with Gasteiger partial charge in [0.1, 0.15) is 5.75 Å². The van der Waals surface area contributed by atoms with Gasteiger partial charge in [0, 0.05) is 10.0 Å². The molecule has 0 spiro atoms. The Morgan fingerprint density at radius 1 is 1.11 bits per heavy atom. The fourth-order valence-corrected chi connectivity index (χ4v) is 2.87. The lowest BCUT2D eigenvalue weighted by atomic mass is 9.96. The highest BCUT2D eigenvalue weighted by Crippen LogP contribution is 2.39. The number of nitrogens with one attached hydrogen (secondary N) is 1. The molecule has 0 amide bonds. The minimum atomic E-state index is 0.135. The van der Waals surface area contributed by atoms with Crippen molar-refractivity contribution in [1.29, 1.82) is 0 Å². The monoisotopic (exact) mass is 314 g/mol. The zero-order valence-corrected chi connectivity index (χ0v) is 13.9. The molecular formula is C14H23BrN2O. The Labute approximate surface area is 119 Å². The van der Waals surface area contributed by atoms with Crippen LogP contribution in [-0.2, 0) is 0 Å². The zero-order chi connectivity index (χ0) is 14.0. The maximum atomic E-state index is 5.64. The van der Waals surface area contributed by atoms with Crippen molar-refractivity contribution in [3.05, 3.63) is 26.7 Å². The summed E-state index contributed by atoms with van der Waals surface area (Å²) in [6.07, 6.45) is 0.135. The minimum Gasteiger partial charge on any atom is -0.496 e. The van der Waals surface area contributed by atoms with E-state index < -0.39 is 0 Å². The van der Waals surface area contributed by atoms with Gasteiger partial charge in [0.15, 0.2) is 0 Å². The van der Waals surface area contributed by atoms with Gasteiger partial charge in [0.2, 0.25) is 0 Å². The molecule has 0 aliphatic carbocycles. The third-order valence-corrected chi connectivity index (χ3v) is 4.67. The van der Waals surface area contributed by atoms with Crippen molar-refractivity contribution in [1.82, 2.24) is 10.2 Å². The summed E-state index contributed by atoms with van der Waals surface area (Å²) in [7, 11) is 7.82. The van der Waals surface area contributed by atoms with Crippen LogP contribution in [0.2, 0.25) is 0 Å². The van der Waals surface area contributed by atoms with Gasteiger partial charge in [0.05, 0.1) is 13.3 Å². The van der Waals surface area contributed by atoms with Gasteiger partial charge in [-0.25, -0.2) is 0 Å². The van der Waals surface area contributed by atoms with Crippen LogP contribution in [0.15, 0.2) is 4.47 Å². The van der Waals surface area contributed by atoms with Crippen molar-refractivity contribution < 1.29 is 4.74 Å². The number of hydrogen-bond acceptors (Lipinski definition) is 3. The first-order valence-corrected chi connectivity index (χ1v) is 6.82. The normalized spacial score (nSPS) is 12.9. The summed E-state index contributed by atoms with van der Waals surface area (Å²) in [6, 6.07) is 0. The van der Waals surface area contributed by atoms with Crippen LogP contribution in [0.1, 0.15) is 28.4 Å². The predicted octanol–water partition coefficient (Wildman–Crippen LogP) is 3.16. The molecule has 0 heterocycles. The highest BCUT2D eigenvalue weighted by atomic mass is 79.9. The number of halogens is 1. The molecule has 0 fully saturated rings. The Morgan fingerprint density at radius 2 is 1.67 bits per heavy atom. The molecule has 1 aromatic carbocycles. The van der Waals surface area contributed by atoms with Gasteiger partial charge in [-0.05, 0) is 58.6 Å². The van der Waals surface area contributed by atoms with Crippen molar-refractivity contribution in [2.45, 2.75) is 26.9 Å². The molecule has 0 aliphatic rings. The number of hydrogen-bond donors (Lipinski definition) is 1. The van der Waals surface area contributed by atoms with E-state index in [1.165, 1.54) is 22.3 Å². The third-order valence-electron chi connectivity index (χ3n) is 3.48. The average molecular weight is 315 g/mol. The molecule has 0 saturated carbocycles. The second-order valence-electron chi connectivity index (χ2n) is 4.79. The fraction of sp³-hybridized carbons (Fsp3) is 0.571. The lowest BCUT2D eigenvalue weighted by Gasteiger charge is -2.29. The molecule has 0 saturated heterocycles. The topological polar surface area (TPSA) is 24.5 Å². The molecule has 1 N–H and O–H groups in total. The van der Waals surface area contributed by atoms with Crippen molar-refractivity contribution in [3.63, 3.8) is 0 Å². The second-order valence-corrected chi connectivity index (χ2v) is 5.58. The number of rotatable bonds is 4. The van der Waals surface area contributed by atoms with E-state index >= 15 is 0 Å². The Kier molecular flexibility index (Phi) is 5.20. The molecular weight excluding hydrogens is 292 g/mol. The van der Waals surface area contributed by atoms with Crippen LogP contribution in [0.5, 0.6) is 5.75 Å². The number of methoxy groups -OCH3 is 1. The van der Waals surface area contributed by atoms with Gasteiger partial charge in [-0.15, -0.1) is 0 Å². The van der Waals surface area contributed by atoms with Crippen LogP contribution in [0.25, 0.3) is 0 Å². The van der Waals surface area contributed by atoms with Crippen LogP contribution in [0, 0.1) is 20.8 Å². The molecule has 1 aromatic rings. The molecule has 4 heteroatoms. The molecule has 3 nitrogen and oxygen atoms in total. The first-order valence-electron chi connectivity index (χ1n) is 6.03. The van der Waals surface area contributed by atoms with Crippen LogP contribution in [-0.4, -0.2) is 33.2 Å². The Balaban J connectivity index is 3.60. The van der Waals surface area contributed by atoms with E-state index in [4.69, 9.17) is 4.74 Å². The maximum Gasteiger partial charge on any atom is 0.128 e. The van der Waals surface area contributed by atoms with Crippen LogP contribution >= 0.6 is 15.9 Å². The average Bonchev–Trinajstić information content (AvgIpc) is 2.33. The third kappa shape index (κ3) is 2.56. The zero-order valence-electron chi connectivity index (χ0n) is 12.3. The van der Waals surface area contributed by atoms with Crippen molar-refractivity contribution in [3.8, 4) is 5.75 Å². The molecule has 1 unspecified atom stereocenters. The van der Waals surface area contributed by atoms with E-state index in [0.717, 1.165) is 10.2 Å². The fourth-order valence-electron chi connectivity index (χ4n) is 2.36. The van der Waals surface area contributed by atoms with E-state index in [0.29, 0.717) is 0 Å². The summed E-state index contributed by atoms with van der Waals surface area (Å²) in [5.74, 6) is 0.973. The standard InChI is InChI=1S/C14H23BrN2O/c1-8-9(2)13(18-7)11(10(3)12(8)15)14(16-4)17(5)6/h14,16H,1-7H3. The van der Waals surface area contributed by atoms with Crippen LogP contribution in [0.4, 0.5) is 0 Å². The molecule has 18 heavy (non-hydrogen) atoms. The summed E-state index contributed by atoms with van der Waals surface area (Å²) in [5.41, 5.74) is 4.84. The molecule has 0 aliphatic heterocycles. The summed E-state index contributed by atoms with van der Waals surface area (Å²) >= 11 is 3.69.